The van der Waals surface area contributed by atoms with Crippen LogP contribution in [0.5, 0.6) is 0 Å². The number of rotatable bonds is 4. The Hall–Kier alpha value is -1.60. The Balaban J connectivity index is 2.48. The summed E-state index contributed by atoms with van der Waals surface area (Å²) < 4.78 is 0. The summed E-state index contributed by atoms with van der Waals surface area (Å²) in [7, 11) is 0. The first-order valence-corrected chi connectivity index (χ1v) is 6.99. The molecule has 2 aromatic carbocycles. The van der Waals surface area contributed by atoms with Crippen LogP contribution in [0, 0.1) is 20.8 Å². The quantitative estimate of drug-likeness (QED) is 0.856. The summed E-state index contributed by atoms with van der Waals surface area (Å²) in [6.07, 6.45) is 0. The van der Waals surface area contributed by atoms with Gasteiger partial charge in [0, 0.05) is 0 Å². The minimum absolute atomic E-state index is 0.284. The van der Waals surface area contributed by atoms with E-state index in [0.29, 0.717) is 0 Å². The molecule has 0 saturated heterocycles. The largest absolute Gasteiger partial charge is 0.307 e. The van der Waals surface area contributed by atoms with E-state index >= 15 is 0 Å². The molecular weight excluding hydrogens is 230 g/mol. The van der Waals surface area contributed by atoms with E-state index in [1.165, 1.54) is 27.8 Å². The summed E-state index contributed by atoms with van der Waals surface area (Å²) in [4.78, 5) is 0. The van der Waals surface area contributed by atoms with Gasteiger partial charge in [-0.2, -0.15) is 0 Å². The van der Waals surface area contributed by atoms with Gasteiger partial charge >= 0.3 is 0 Å². The number of hydrogen-bond donors (Lipinski definition) is 1. The monoisotopic (exact) mass is 253 g/mol. The maximum Gasteiger partial charge on any atom is 0.0581 e. The van der Waals surface area contributed by atoms with E-state index in [1.807, 2.05) is 0 Å². The second-order valence-electron chi connectivity index (χ2n) is 5.21. The average Bonchev–Trinajstić information content (AvgIpc) is 2.38. The van der Waals surface area contributed by atoms with Crippen molar-refractivity contribution < 1.29 is 0 Å². The Bertz CT molecular complexity index is 557. The predicted octanol–water partition coefficient (Wildman–Crippen LogP) is 4.31. The van der Waals surface area contributed by atoms with Crippen molar-refractivity contribution >= 4 is 0 Å². The normalized spacial score (nSPS) is 12.4. The minimum Gasteiger partial charge on any atom is -0.307 e. The molecule has 0 spiro atoms. The van der Waals surface area contributed by atoms with Crippen LogP contribution in [0.15, 0.2) is 42.5 Å². The number of aryl methyl sites for hydroxylation is 3. The summed E-state index contributed by atoms with van der Waals surface area (Å²) in [5.41, 5.74) is 6.77. The van der Waals surface area contributed by atoms with Crippen molar-refractivity contribution in [3.8, 4) is 0 Å². The molecule has 1 unspecified atom stereocenters. The second kappa shape index (κ2) is 6.03. The topological polar surface area (TPSA) is 12.0 Å². The highest BCUT2D eigenvalue weighted by Crippen LogP contribution is 2.27. The molecule has 0 aliphatic carbocycles. The SMILES string of the molecule is CCNC(c1ccccc1C)c1ccc(C)cc1C. The fourth-order valence-electron chi connectivity index (χ4n) is 2.65. The van der Waals surface area contributed by atoms with Gasteiger partial charge in [0.1, 0.15) is 0 Å². The zero-order valence-corrected chi connectivity index (χ0v) is 12.3. The smallest absolute Gasteiger partial charge is 0.0581 e. The molecule has 0 radical (unpaired) electrons. The standard InChI is InChI=1S/C18H23N/c1-5-19-18(16-9-7-6-8-14(16)3)17-11-10-13(2)12-15(17)4/h6-12,18-19H,5H2,1-4H3. The highest BCUT2D eigenvalue weighted by atomic mass is 14.9. The Labute approximate surface area is 116 Å². The molecule has 0 aromatic heterocycles. The van der Waals surface area contributed by atoms with Crippen LogP contribution >= 0.6 is 0 Å². The molecular formula is C18H23N. The van der Waals surface area contributed by atoms with Crippen LogP contribution in [0.25, 0.3) is 0 Å². The number of nitrogens with one attached hydrogen (secondary N) is 1. The molecule has 0 fully saturated rings. The third-order valence-corrected chi connectivity index (χ3v) is 3.64. The molecule has 1 atom stereocenters. The van der Waals surface area contributed by atoms with E-state index in [4.69, 9.17) is 0 Å². The summed E-state index contributed by atoms with van der Waals surface area (Å²) in [6, 6.07) is 15.6. The summed E-state index contributed by atoms with van der Waals surface area (Å²) in [6.45, 7) is 9.65. The first-order valence-electron chi connectivity index (χ1n) is 6.99. The molecule has 1 nitrogen and oxygen atoms in total. The van der Waals surface area contributed by atoms with Crippen LogP contribution in [0.4, 0.5) is 0 Å². The Kier molecular flexibility index (Phi) is 4.39. The van der Waals surface area contributed by atoms with E-state index in [0.717, 1.165) is 6.54 Å². The maximum absolute atomic E-state index is 3.62. The average molecular weight is 253 g/mol. The van der Waals surface area contributed by atoms with Crippen molar-refractivity contribution in [1.29, 1.82) is 0 Å². The zero-order valence-electron chi connectivity index (χ0n) is 12.3. The van der Waals surface area contributed by atoms with Crippen LogP contribution in [0.1, 0.15) is 40.8 Å². The van der Waals surface area contributed by atoms with Crippen LogP contribution in [0.3, 0.4) is 0 Å². The van der Waals surface area contributed by atoms with Gasteiger partial charge in [0.05, 0.1) is 6.04 Å². The highest BCUT2D eigenvalue weighted by molar-refractivity contribution is 5.41. The van der Waals surface area contributed by atoms with Gasteiger partial charge in [0.25, 0.3) is 0 Å². The van der Waals surface area contributed by atoms with Crippen LogP contribution in [-0.4, -0.2) is 6.54 Å². The maximum atomic E-state index is 3.62. The van der Waals surface area contributed by atoms with Gasteiger partial charge < -0.3 is 5.32 Å². The van der Waals surface area contributed by atoms with Gasteiger partial charge in [-0.3, -0.25) is 0 Å². The third kappa shape index (κ3) is 3.05. The van der Waals surface area contributed by atoms with Crippen LogP contribution in [0.2, 0.25) is 0 Å². The fourth-order valence-corrected chi connectivity index (χ4v) is 2.65. The molecule has 0 aliphatic rings. The molecule has 1 N–H and O–H groups in total. The first-order chi connectivity index (χ1) is 9.13. The third-order valence-electron chi connectivity index (χ3n) is 3.64. The summed E-state index contributed by atoms with van der Waals surface area (Å²) in [5.74, 6) is 0. The second-order valence-corrected chi connectivity index (χ2v) is 5.21. The van der Waals surface area contributed by atoms with Crippen molar-refractivity contribution in [3.05, 3.63) is 70.3 Å². The van der Waals surface area contributed by atoms with E-state index in [1.54, 1.807) is 0 Å². The molecule has 2 aromatic rings. The van der Waals surface area contributed by atoms with Crippen LogP contribution < -0.4 is 5.32 Å². The van der Waals surface area contributed by atoms with E-state index in [2.05, 4.69) is 75.5 Å². The molecule has 0 saturated carbocycles. The lowest BCUT2D eigenvalue weighted by atomic mass is 9.91. The van der Waals surface area contributed by atoms with Crippen molar-refractivity contribution in [3.63, 3.8) is 0 Å². The molecule has 0 amide bonds. The van der Waals surface area contributed by atoms with E-state index in [9.17, 15) is 0 Å². The molecule has 19 heavy (non-hydrogen) atoms. The molecule has 2 rings (SSSR count). The Morgan fingerprint density at radius 2 is 1.58 bits per heavy atom. The lowest BCUT2D eigenvalue weighted by Crippen LogP contribution is -2.23. The lowest BCUT2D eigenvalue weighted by molar-refractivity contribution is 0.624. The Morgan fingerprint density at radius 3 is 2.21 bits per heavy atom. The number of benzene rings is 2. The van der Waals surface area contributed by atoms with Crippen molar-refractivity contribution in [2.75, 3.05) is 6.54 Å². The fraction of sp³-hybridized carbons (Fsp3) is 0.333. The minimum atomic E-state index is 0.284. The molecule has 0 aliphatic heterocycles. The molecule has 0 bridgehead atoms. The predicted molar refractivity (Wildman–Crippen MR) is 82.6 cm³/mol. The number of hydrogen-bond acceptors (Lipinski definition) is 1. The first kappa shape index (κ1) is 13.8. The van der Waals surface area contributed by atoms with Crippen LogP contribution in [-0.2, 0) is 0 Å². The summed E-state index contributed by atoms with van der Waals surface area (Å²) >= 11 is 0. The summed E-state index contributed by atoms with van der Waals surface area (Å²) in [5, 5.41) is 3.62. The van der Waals surface area contributed by atoms with Gasteiger partial charge in [0.2, 0.25) is 0 Å². The highest BCUT2D eigenvalue weighted by Gasteiger charge is 2.16. The van der Waals surface area contributed by atoms with Gasteiger partial charge in [-0.1, -0.05) is 55.0 Å². The van der Waals surface area contributed by atoms with E-state index in [-0.39, 0.29) is 6.04 Å². The molecule has 100 valence electrons. The lowest BCUT2D eigenvalue weighted by Gasteiger charge is -2.23. The van der Waals surface area contributed by atoms with Gasteiger partial charge in [0.15, 0.2) is 0 Å². The van der Waals surface area contributed by atoms with Gasteiger partial charge in [-0.25, -0.2) is 0 Å². The van der Waals surface area contributed by atoms with Crippen molar-refractivity contribution in [2.24, 2.45) is 0 Å². The Morgan fingerprint density at radius 1 is 0.895 bits per heavy atom. The van der Waals surface area contributed by atoms with Crippen molar-refractivity contribution in [1.82, 2.24) is 5.32 Å². The van der Waals surface area contributed by atoms with Gasteiger partial charge in [-0.05, 0) is 49.6 Å². The van der Waals surface area contributed by atoms with Gasteiger partial charge in [-0.15, -0.1) is 0 Å². The molecule has 0 heterocycles. The molecule has 1 heteroatoms. The van der Waals surface area contributed by atoms with E-state index < -0.39 is 0 Å². The zero-order chi connectivity index (χ0) is 13.8. The van der Waals surface area contributed by atoms with Crippen molar-refractivity contribution in [2.45, 2.75) is 33.7 Å².